The molecule has 0 aliphatic heterocycles. The van der Waals surface area contributed by atoms with E-state index in [9.17, 15) is 4.79 Å². The summed E-state index contributed by atoms with van der Waals surface area (Å²) >= 11 is 0. The van der Waals surface area contributed by atoms with E-state index in [1.165, 1.54) is 0 Å². The molecule has 0 unspecified atom stereocenters. The van der Waals surface area contributed by atoms with Crippen molar-refractivity contribution in [3.63, 3.8) is 0 Å². The molecule has 0 saturated heterocycles. The van der Waals surface area contributed by atoms with Gasteiger partial charge in [-0.15, -0.1) is 0 Å². The zero-order chi connectivity index (χ0) is 14.3. The molecule has 19 heavy (non-hydrogen) atoms. The van der Waals surface area contributed by atoms with Crippen molar-refractivity contribution in [1.29, 1.82) is 0 Å². The molecule has 0 radical (unpaired) electrons. The number of aliphatic hydroxyl groups excluding tert-OH is 1. The number of hydrogen-bond acceptors (Lipinski definition) is 3. The van der Waals surface area contributed by atoms with Crippen LogP contribution in [-0.4, -0.2) is 24.2 Å². The average Bonchev–Trinajstić information content (AvgIpc) is 2.35. The highest BCUT2D eigenvalue weighted by atomic mass is 16.5. The third-order valence-electron chi connectivity index (χ3n) is 2.70. The second-order valence-corrected chi connectivity index (χ2v) is 5.72. The number of aliphatic hydroxyl groups is 1. The Kier molecular flexibility index (Phi) is 5.83. The van der Waals surface area contributed by atoms with Gasteiger partial charge in [0.05, 0.1) is 6.61 Å². The molecule has 0 bridgehead atoms. The van der Waals surface area contributed by atoms with Crippen LogP contribution in [-0.2, 0) is 11.4 Å². The lowest BCUT2D eigenvalue weighted by Crippen LogP contribution is -2.31. The second-order valence-electron chi connectivity index (χ2n) is 5.72. The Morgan fingerprint density at radius 1 is 1.32 bits per heavy atom. The number of nitrogens with one attached hydrogen (secondary N) is 1. The van der Waals surface area contributed by atoms with Gasteiger partial charge < -0.3 is 15.2 Å². The molecule has 0 spiro atoms. The van der Waals surface area contributed by atoms with Crippen molar-refractivity contribution in [2.24, 2.45) is 5.41 Å². The zero-order valence-corrected chi connectivity index (χ0v) is 11.9. The molecule has 0 atom stereocenters. The molecule has 1 rings (SSSR count). The van der Waals surface area contributed by atoms with Crippen LogP contribution >= 0.6 is 0 Å². The van der Waals surface area contributed by atoms with Crippen LogP contribution in [0.15, 0.2) is 24.3 Å². The Balaban J connectivity index is 2.34. The van der Waals surface area contributed by atoms with Gasteiger partial charge in [-0.25, -0.2) is 0 Å². The van der Waals surface area contributed by atoms with Crippen LogP contribution in [0.4, 0.5) is 0 Å². The van der Waals surface area contributed by atoms with E-state index in [0.29, 0.717) is 17.9 Å². The summed E-state index contributed by atoms with van der Waals surface area (Å²) in [5.41, 5.74) is 0.891. The molecule has 1 amide bonds. The largest absolute Gasteiger partial charge is 0.483 e. The smallest absolute Gasteiger partial charge is 0.257 e. The summed E-state index contributed by atoms with van der Waals surface area (Å²) < 4.78 is 5.40. The fourth-order valence-corrected chi connectivity index (χ4v) is 1.55. The second kappa shape index (κ2) is 7.14. The molecular weight excluding hydrogens is 242 g/mol. The van der Waals surface area contributed by atoms with Crippen molar-refractivity contribution < 1.29 is 14.6 Å². The average molecular weight is 265 g/mol. The van der Waals surface area contributed by atoms with Gasteiger partial charge in [0, 0.05) is 12.1 Å². The molecule has 0 saturated carbocycles. The van der Waals surface area contributed by atoms with Crippen molar-refractivity contribution in [1.82, 2.24) is 5.32 Å². The van der Waals surface area contributed by atoms with Crippen molar-refractivity contribution in [3.8, 4) is 5.75 Å². The topological polar surface area (TPSA) is 58.6 Å². The first kappa shape index (κ1) is 15.5. The van der Waals surface area contributed by atoms with Gasteiger partial charge in [0.25, 0.3) is 5.91 Å². The predicted octanol–water partition coefficient (Wildman–Crippen LogP) is 2.11. The molecule has 4 nitrogen and oxygen atoms in total. The lowest BCUT2D eigenvalue weighted by molar-refractivity contribution is -0.123. The van der Waals surface area contributed by atoms with Crippen molar-refractivity contribution in [3.05, 3.63) is 29.8 Å². The van der Waals surface area contributed by atoms with Gasteiger partial charge >= 0.3 is 0 Å². The van der Waals surface area contributed by atoms with E-state index in [4.69, 9.17) is 9.84 Å². The SMILES string of the molecule is CC(C)(C)CCNC(=O)COc1ccccc1CO. The Morgan fingerprint density at radius 3 is 2.63 bits per heavy atom. The number of amides is 1. The Bertz CT molecular complexity index is 410. The van der Waals surface area contributed by atoms with E-state index in [-0.39, 0.29) is 24.5 Å². The van der Waals surface area contributed by atoms with Crippen LogP contribution in [0.25, 0.3) is 0 Å². The molecule has 0 aliphatic carbocycles. The first-order valence-corrected chi connectivity index (χ1v) is 6.50. The lowest BCUT2D eigenvalue weighted by Gasteiger charge is -2.18. The molecule has 0 heterocycles. The van der Waals surface area contributed by atoms with Gasteiger partial charge in [-0.05, 0) is 17.9 Å². The van der Waals surface area contributed by atoms with Crippen LogP contribution < -0.4 is 10.1 Å². The first-order valence-electron chi connectivity index (χ1n) is 6.50. The number of carbonyl (C=O) groups is 1. The number of para-hydroxylation sites is 1. The maximum Gasteiger partial charge on any atom is 0.257 e. The number of carbonyl (C=O) groups excluding carboxylic acids is 1. The summed E-state index contributed by atoms with van der Waals surface area (Å²) in [6, 6.07) is 7.15. The minimum Gasteiger partial charge on any atom is -0.483 e. The van der Waals surface area contributed by atoms with Crippen molar-refractivity contribution in [2.45, 2.75) is 33.8 Å². The fraction of sp³-hybridized carbons (Fsp3) is 0.533. The Morgan fingerprint density at radius 2 is 2.00 bits per heavy atom. The van der Waals surface area contributed by atoms with Crippen LogP contribution in [0.1, 0.15) is 32.8 Å². The van der Waals surface area contributed by atoms with E-state index >= 15 is 0 Å². The van der Waals surface area contributed by atoms with Crippen molar-refractivity contribution >= 4 is 5.91 Å². The molecule has 1 aromatic carbocycles. The minimum absolute atomic E-state index is 0.0266. The molecule has 0 fully saturated rings. The maximum absolute atomic E-state index is 11.6. The van der Waals surface area contributed by atoms with E-state index in [2.05, 4.69) is 26.1 Å². The maximum atomic E-state index is 11.6. The van der Waals surface area contributed by atoms with E-state index in [0.717, 1.165) is 6.42 Å². The molecule has 4 heteroatoms. The number of ether oxygens (including phenoxy) is 1. The minimum atomic E-state index is -0.142. The highest BCUT2D eigenvalue weighted by Crippen LogP contribution is 2.18. The summed E-state index contributed by atoms with van der Waals surface area (Å²) in [7, 11) is 0. The molecule has 106 valence electrons. The zero-order valence-electron chi connectivity index (χ0n) is 11.9. The van der Waals surface area contributed by atoms with E-state index in [1.54, 1.807) is 12.1 Å². The van der Waals surface area contributed by atoms with Crippen LogP contribution in [0.2, 0.25) is 0 Å². The van der Waals surface area contributed by atoms with Gasteiger partial charge in [0.1, 0.15) is 5.75 Å². The third kappa shape index (κ3) is 6.25. The molecule has 0 aliphatic rings. The third-order valence-corrected chi connectivity index (χ3v) is 2.70. The highest BCUT2D eigenvalue weighted by Gasteiger charge is 2.11. The van der Waals surface area contributed by atoms with E-state index < -0.39 is 0 Å². The molecule has 0 aromatic heterocycles. The number of benzene rings is 1. The Labute approximate surface area is 114 Å². The predicted molar refractivity (Wildman–Crippen MR) is 74.9 cm³/mol. The summed E-state index contributed by atoms with van der Waals surface area (Å²) in [5.74, 6) is 0.410. The van der Waals surface area contributed by atoms with E-state index in [1.807, 2.05) is 12.1 Å². The highest BCUT2D eigenvalue weighted by molar-refractivity contribution is 5.77. The number of rotatable bonds is 6. The van der Waals surface area contributed by atoms with Gasteiger partial charge in [0.2, 0.25) is 0 Å². The van der Waals surface area contributed by atoms with Crippen LogP contribution in [0, 0.1) is 5.41 Å². The normalized spacial score (nSPS) is 11.2. The van der Waals surface area contributed by atoms with Gasteiger partial charge in [-0.2, -0.15) is 0 Å². The summed E-state index contributed by atoms with van der Waals surface area (Å²) in [4.78, 5) is 11.6. The summed E-state index contributed by atoms with van der Waals surface area (Å²) in [6.07, 6.45) is 0.923. The quantitative estimate of drug-likeness (QED) is 0.828. The van der Waals surface area contributed by atoms with Gasteiger partial charge in [-0.1, -0.05) is 39.0 Å². The fourth-order valence-electron chi connectivity index (χ4n) is 1.55. The van der Waals surface area contributed by atoms with Crippen molar-refractivity contribution in [2.75, 3.05) is 13.2 Å². The van der Waals surface area contributed by atoms with Gasteiger partial charge in [-0.3, -0.25) is 4.79 Å². The molecule has 1 aromatic rings. The van der Waals surface area contributed by atoms with Gasteiger partial charge in [0.15, 0.2) is 6.61 Å². The monoisotopic (exact) mass is 265 g/mol. The standard InChI is InChI=1S/C15H23NO3/c1-15(2,3)8-9-16-14(18)11-19-13-7-5-4-6-12(13)10-17/h4-7,17H,8-11H2,1-3H3,(H,16,18). The summed E-state index contributed by atoms with van der Waals surface area (Å²) in [6.45, 7) is 6.92. The Hall–Kier alpha value is -1.55. The number of hydrogen-bond donors (Lipinski definition) is 2. The molecular formula is C15H23NO3. The van der Waals surface area contributed by atoms with Crippen LogP contribution in [0.5, 0.6) is 5.75 Å². The first-order chi connectivity index (χ1) is 8.92. The lowest BCUT2D eigenvalue weighted by atomic mass is 9.92. The molecule has 2 N–H and O–H groups in total. The van der Waals surface area contributed by atoms with Crippen LogP contribution in [0.3, 0.4) is 0 Å². The summed E-state index contributed by atoms with van der Waals surface area (Å²) in [5, 5.41) is 12.0.